The highest BCUT2D eigenvalue weighted by Gasteiger charge is 2.41. The van der Waals surface area contributed by atoms with Gasteiger partial charge in [-0.2, -0.15) is 0 Å². The molecule has 3 atom stereocenters. The van der Waals surface area contributed by atoms with Gasteiger partial charge in [0.25, 0.3) is 0 Å². The molecule has 3 heteroatoms. The van der Waals surface area contributed by atoms with Crippen molar-refractivity contribution in [3.8, 4) is 5.75 Å². The van der Waals surface area contributed by atoms with Crippen molar-refractivity contribution in [3.05, 3.63) is 29.3 Å². The zero-order valence-electron chi connectivity index (χ0n) is 12.0. The van der Waals surface area contributed by atoms with E-state index >= 15 is 0 Å². The highest BCUT2D eigenvalue weighted by molar-refractivity contribution is 9.09. The summed E-state index contributed by atoms with van der Waals surface area (Å²) < 4.78 is 6.16. The minimum atomic E-state index is 0.363. The molecular formula is C17H22BrNO. The predicted molar refractivity (Wildman–Crippen MR) is 84.8 cm³/mol. The fourth-order valence-electron chi connectivity index (χ4n) is 4.29. The maximum atomic E-state index is 6.16. The van der Waals surface area contributed by atoms with Gasteiger partial charge >= 0.3 is 0 Å². The molecule has 2 fully saturated rings. The number of ether oxygens (including phenoxy) is 1. The third-order valence-electron chi connectivity index (χ3n) is 5.20. The molecular weight excluding hydrogens is 314 g/mol. The second kappa shape index (κ2) is 5.03. The summed E-state index contributed by atoms with van der Waals surface area (Å²) in [5.41, 5.74) is 2.74. The zero-order valence-corrected chi connectivity index (χ0v) is 13.6. The van der Waals surface area contributed by atoms with E-state index < -0.39 is 0 Å². The highest BCUT2D eigenvalue weighted by atomic mass is 79.9. The normalized spacial score (nSPS) is 35.9. The van der Waals surface area contributed by atoms with E-state index in [-0.39, 0.29) is 0 Å². The first-order valence-electron chi connectivity index (χ1n) is 7.85. The van der Waals surface area contributed by atoms with Crippen molar-refractivity contribution in [2.24, 2.45) is 0 Å². The lowest BCUT2D eigenvalue weighted by atomic mass is 10.0. The first-order chi connectivity index (χ1) is 9.69. The average molecular weight is 336 g/mol. The van der Waals surface area contributed by atoms with Crippen LogP contribution in [-0.2, 0) is 6.42 Å². The van der Waals surface area contributed by atoms with Crippen LogP contribution in [0.2, 0.25) is 0 Å². The average Bonchev–Trinajstić information content (AvgIpc) is 2.89. The lowest BCUT2D eigenvalue weighted by molar-refractivity contribution is 0.0871. The Balaban J connectivity index is 1.44. The van der Waals surface area contributed by atoms with Crippen molar-refractivity contribution in [2.45, 2.75) is 62.0 Å². The van der Waals surface area contributed by atoms with Gasteiger partial charge in [-0.05, 0) is 44.2 Å². The van der Waals surface area contributed by atoms with Crippen LogP contribution >= 0.6 is 15.9 Å². The number of aryl methyl sites for hydroxylation is 1. The van der Waals surface area contributed by atoms with Crippen LogP contribution in [0.15, 0.2) is 18.2 Å². The van der Waals surface area contributed by atoms with Crippen LogP contribution < -0.4 is 4.74 Å². The molecule has 3 aliphatic heterocycles. The zero-order chi connectivity index (χ0) is 13.7. The first kappa shape index (κ1) is 13.1. The molecule has 0 aliphatic carbocycles. The number of hydrogen-bond donors (Lipinski definition) is 0. The molecule has 0 amide bonds. The van der Waals surface area contributed by atoms with E-state index in [2.05, 4.69) is 46.0 Å². The van der Waals surface area contributed by atoms with Gasteiger partial charge < -0.3 is 4.74 Å². The van der Waals surface area contributed by atoms with Crippen LogP contribution in [0.5, 0.6) is 5.75 Å². The van der Waals surface area contributed by atoms with Gasteiger partial charge in [-0.1, -0.05) is 33.6 Å². The Labute approximate surface area is 129 Å². The molecule has 108 valence electrons. The fourth-order valence-corrected chi connectivity index (χ4v) is 5.16. The number of nitrogens with zero attached hydrogens (tertiary/aromatic N) is 1. The monoisotopic (exact) mass is 335 g/mol. The van der Waals surface area contributed by atoms with Crippen molar-refractivity contribution in [2.75, 3.05) is 6.54 Å². The van der Waals surface area contributed by atoms with E-state index in [1.165, 1.54) is 36.8 Å². The number of rotatable bonds is 2. The van der Waals surface area contributed by atoms with Crippen molar-refractivity contribution in [1.82, 2.24) is 4.90 Å². The summed E-state index contributed by atoms with van der Waals surface area (Å²) in [6.45, 7) is 3.28. The van der Waals surface area contributed by atoms with Crippen LogP contribution in [0.1, 0.15) is 36.8 Å². The number of piperidine rings is 1. The van der Waals surface area contributed by atoms with Gasteiger partial charge in [0.15, 0.2) is 0 Å². The first-order valence-corrected chi connectivity index (χ1v) is 8.76. The molecule has 1 aromatic carbocycles. The van der Waals surface area contributed by atoms with E-state index in [4.69, 9.17) is 4.74 Å². The van der Waals surface area contributed by atoms with Gasteiger partial charge in [-0.25, -0.2) is 0 Å². The van der Waals surface area contributed by atoms with Crippen LogP contribution in [0, 0.1) is 6.92 Å². The van der Waals surface area contributed by atoms with Gasteiger partial charge in [0, 0.05) is 29.9 Å². The van der Waals surface area contributed by atoms with E-state index in [9.17, 15) is 0 Å². The minimum absolute atomic E-state index is 0.363. The van der Waals surface area contributed by atoms with E-state index in [0.717, 1.165) is 35.6 Å². The van der Waals surface area contributed by atoms with Gasteiger partial charge in [0.2, 0.25) is 0 Å². The van der Waals surface area contributed by atoms with E-state index in [0.29, 0.717) is 6.10 Å². The van der Waals surface area contributed by atoms with E-state index in [1.54, 1.807) is 0 Å². The molecule has 4 rings (SSSR count). The summed E-state index contributed by atoms with van der Waals surface area (Å²) in [4.78, 5) is 3.47. The van der Waals surface area contributed by atoms with Crippen LogP contribution in [-0.4, -0.2) is 34.5 Å². The number of fused-ring (bicyclic) bond motifs is 3. The quantitative estimate of drug-likeness (QED) is 0.764. The number of halogens is 1. The molecule has 2 nitrogen and oxygen atoms in total. The van der Waals surface area contributed by atoms with Crippen molar-refractivity contribution in [1.29, 1.82) is 0 Å². The number of benzene rings is 1. The summed E-state index contributed by atoms with van der Waals surface area (Å²) in [5.74, 6) is 1.11. The predicted octanol–water partition coefficient (Wildman–Crippen LogP) is 3.69. The highest BCUT2D eigenvalue weighted by Crippen LogP contribution is 2.39. The van der Waals surface area contributed by atoms with E-state index in [1.807, 2.05) is 0 Å². The maximum absolute atomic E-state index is 6.16. The van der Waals surface area contributed by atoms with Crippen LogP contribution in [0.3, 0.4) is 0 Å². The second-order valence-electron chi connectivity index (χ2n) is 6.71. The smallest absolute Gasteiger partial charge is 0.123 e. The Morgan fingerprint density at radius 1 is 1.25 bits per heavy atom. The lowest BCUT2D eigenvalue weighted by Gasteiger charge is -2.38. The molecule has 3 heterocycles. The van der Waals surface area contributed by atoms with Gasteiger partial charge in [-0.15, -0.1) is 0 Å². The Morgan fingerprint density at radius 2 is 2.00 bits per heavy atom. The van der Waals surface area contributed by atoms with Crippen LogP contribution in [0.25, 0.3) is 0 Å². The molecule has 0 radical (unpaired) electrons. The summed E-state index contributed by atoms with van der Waals surface area (Å²) in [5, 5.41) is 0. The van der Waals surface area contributed by atoms with Crippen LogP contribution in [0.4, 0.5) is 0 Å². The van der Waals surface area contributed by atoms with Gasteiger partial charge in [-0.3, -0.25) is 4.90 Å². The summed E-state index contributed by atoms with van der Waals surface area (Å²) in [7, 11) is 0. The second-order valence-corrected chi connectivity index (χ2v) is 8.00. The molecule has 20 heavy (non-hydrogen) atoms. The molecule has 2 saturated heterocycles. The summed E-state index contributed by atoms with van der Waals surface area (Å²) in [6, 6.07) is 8.15. The number of hydrogen-bond acceptors (Lipinski definition) is 2. The van der Waals surface area contributed by atoms with Gasteiger partial charge in [0.1, 0.15) is 11.9 Å². The standard InChI is InChI=1S/C17H22BrNO/c1-11-2-5-17-12(6-11)7-16(20-17)10-19-14-3-4-15(19)9-13(18)8-14/h2,5-6,13-16H,3-4,7-10H2,1H3. The topological polar surface area (TPSA) is 12.5 Å². The molecule has 0 spiro atoms. The van der Waals surface area contributed by atoms with Crippen molar-refractivity contribution < 1.29 is 4.74 Å². The fraction of sp³-hybridized carbons (Fsp3) is 0.647. The molecule has 0 aromatic heterocycles. The minimum Gasteiger partial charge on any atom is -0.488 e. The van der Waals surface area contributed by atoms with Crippen molar-refractivity contribution in [3.63, 3.8) is 0 Å². The molecule has 1 aromatic rings. The maximum Gasteiger partial charge on any atom is 0.123 e. The lowest BCUT2D eigenvalue weighted by Crippen LogP contribution is -2.47. The third-order valence-corrected chi connectivity index (χ3v) is 5.95. The van der Waals surface area contributed by atoms with Crippen molar-refractivity contribution >= 4 is 15.9 Å². The Morgan fingerprint density at radius 3 is 2.75 bits per heavy atom. The Kier molecular flexibility index (Phi) is 3.30. The molecule has 3 unspecified atom stereocenters. The number of alkyl halides is 1. The molecule has 0 saturated carbocycles. The van der Waals surface area contributed by atoms with Gasteiger partial charge in [0.05, 0.1) is 0 Å². The molecule has 0 N–H and O–H groups in total. The Bertz CT molecular complexity index is 504. The summed E-state index contributed by atoms with van der Waals surface area (Å²) >= 11 is 3.82. The SMILES string of the molecule is Cc1ccc2c(c1)CC(CN1C3CCC1CC(Br)C3)O2. The largest absolute Gasteiger partial charge is 0.488 e. The molecule has 3 aliphatic rings. The molecule has 2 bridgehead atoms. The summed E-state index contributed by atoms with van der Waals surface area (Å²) in [6.07, 6.45) is 6.84. The Hall–Kier alpha value is -0.540. The third kappa shape index (κ3) is 2.29.